The Morgan fingerprint density at radius 1 is 1.38 bits per heavy atom. The summed E-state index contributed by atoms with van der Waals surface area (Å²) in [5, 5.41) is 9.80. The van der Waals surface area contributed by atoms with Crippen LogP contribution in [0.15, 0.2) is 0 Å². The lowest BCUT2D eigenvalue weighted by Gasteiger charge is -2.48. The summed E-state index contributed by atoms with van der Waals surface area (Å²) in [7, 11) is 0. The fraction of sp³-hybridized carbons (Fsp3) is 0.800. The zero-order valence-electron chi connectivity index (χ0n) is 10.1. The first-order valence-electron chi connectivity index (χ1n) is 5.36. The Bertz CT molecular complexity index is 304. The van der Waals surface area contributed by atoms with Gasteiger partial charge in [0.2, 0.25) is 0 Å². The van der Waals surface area contributed by atoms with Gasteiger partial charge in [0.15, 0.2) is 5.11 Å². The average Bonchev–Trinajstić information content (AvgIpc) is 2.15. The smallest absolute Gasteiger partial charge is 0.435 e. The van der Waals surface area contributed by atoms with Crippen LogP contribution in [0, 0.1) is 0 Å². The Morgan fingerprint density at radius 3 is 2.06 bits per heavy atom. The van der Waals surface area contributed by atoms with Crippen molar-refractivity contribution in [2.45, 2.75) is 26.3 Å². The van der Waals surface area contributed by atoms with Crippen molar-refractivity contribution in [1.29, 1.82) is 0 Å². The maximum atomic E-state index is 11.5. The fourth-order valence-electron chi connectivity index (χ4n) is 2.18. The quantitative estimate of drug-likeness (QED) is 0.490. The maximum absolute atomic E-state index is 11.5. The van der Waals surface area contributed by atoms with Crippen LogP contribution >= 0.6 is 12.2 Å². The Morgan fingerprint density at radius 2 is 1.81 bits per heavy atom. The second kappa shape index (κ2) is 4.18. The van der Waals surface area contributed by atoms with Crippen molar-refractivity contribution in [2.24, 2.45) is 5.73 Å². The predicted molar refractivity (Wildman–Crippen MR) is 66.1 cm³/mol. The summed E-state index contributed by atoms with van der Waals surface area (Å²) in [6.45, 7) is 8.16. The lowest BCUT2D eigenvalue weighted by atomic mass is 10.0. The van der Waals surface area contributed by atoms with Crippen molar-refractivity contribution < 1.29 is 14.4 Å². The van der Waals surface area contributed by atoms with Gasteiger partial charge in [-0.15, -0.1) is 0 Å². The Labute approximate surface area is 101 Å². The molecule has 1 fully saturated rings. The van der Waals surface area contributed by atoms with Crippen LogP contribution in [0.3, 0.4) is 0 Å². The van der Waals surface area contributed by atoms with Crippen LogP contribution in [-0.4, -0.2) is 57.4 Å². The molecule has 1 aliphatic heterocycles. The molecule has 1 aliphatic rings. The van der Waals surface area contributed by atoms with Gasteiger partial charge >= 0.3 is 6.09 Å². The lowest BCUT2D eigenvalue weighted by molar-refractivity contribution is -0.906. The van der Waals surface area contributed by atoms with Crippen LogP contribution in [0.1, 0.15) is 20.8 Å². The SMILES string of the molecule is CC(C)(C)[N+]1(C(=O)O)CCN(C(N)=S)CC1. The molecule has 0 radical (unpaired) electrons. The summed E-state index contributed by atoms with van der Waals surface area (Å²) < 4.78 is 0.0755. The van der Waals surface area contributed by atoms with Gasteiger partial charge in [0, 0.05) is 0 Å². The molecule has 0 spiro atoms. The van der Waals surface area contributed by atoms with Crippen LogP contribution < -0.4 is 5.73 Å². The van der Waals surface area contributed by atoms with Gasteiger partial charge in [0.1, 0.15) is 18.6 Å². The minimum Gasteiger partial charge on any atom is -0.435 e. The number of thiocarbonyl (C=S) groups is 1. The first-order valence-corrected chi connectivity index (χ1v) is 5.76. The third-order valence-electron chi connectivity index (χ3n) is 3.47. The van der Waals surface area contributed by atoms with Crippen molar-refractivity contribution in [3.8, 4) is 0 Å². The van der Waals surface area contributed by atoms with Gasteiger partial charge in [0.25, 0.3) is 0 Å². The van der Waals surface area contributed by atoms with Crippen molar-refractivity contribution in [3.63, 3.8) is 0 Å². The molecule has 0 bridgehead atoms. The highest BCUT2D eigenvalue weighted by atomic mass is 32.1. The van der Waals surface area contributed by atoms with Crippen molar-refractivity contribution in [3.05, 3.63) is 0 Å². The van der Waals surface area contributed by atoms with Gasteiger partial charge in [0.05, 0.1) is 13.1 Å². The number of piperazine rings is 1. The van der Waals surface area contributed by atoms with E-state index in [9.17, 15) is 9.90 Å². The third-order valence-corrected chi connectivity index (χ3v) is 3.72. The first-order chi connectivity index (χ1) is 7.21. The minimum atomic E-state index is -0.768. The molecule has 0 aromatic rings. The van der Waals surface area contributed by atoms with E-state index in [2.05, 4.69) is 0 Å². The monoisotopic (exact) mass is 246 g/mol. The summed E-state index contributed by atoms with van der Waals surface area (Å²) in [6.07, 6.45) is -0.768. The van der Waals surface area contributed by atoms with E-state index in [1.165, 1.54) is 0 Å². The molecule has 6 heteroatoms. The number of quaternary nitrogens is 1. The second-order valence-corrected chi connectivity index (χ2v) is 5.61. The Hall–Kier alpha value is -0.880. The molecule has 1 heterocycles. The zero-order chi connectivity index (χ0) is 12.6. The number of nitrogens with zero attached hydrogens (tertiary/aromatic N) is 2. The van der Waals surface area contributed by atoms with Crippen molar-refractivity contribution in [1.82, 2.24) is 4.90 Å². The van der Waals surface area contributed by atoms with Gasteiger partial charge in [-0.2, -0.15) is 4.79 Å². The molecule has 1 saturated heterocycles. The number of rotatable bonds is 0. The molecule has 3 N–H and O–H groups in total. The molecular weight excluding hydrogens is 226 g/mol. The summed E-state index contributed by atoms with van der Waals surface area (Å²) in [4.78, 5) is 13.4. The number of hydrogen-bond donors (Lipinski definition) is 2. The summed E-state index contributed by atoms with van der Waals surface area (Å²) >= 11 is 4.90. The average molecular weight is 246 g/mol. The third kappa shape index (κ3) is 2.12. The van der Waals surface area contributed by atoms with E-state index in [4.69, 9.17) is 18.0 Å². The molecule has 92 valence electrons. The van der Waals surface area contributed by atoms with Gasteiger partial charge in [-0.1, -0.05) is 0 Å². The summed E-state index contributed by atoms with van der Waals surface area (Å²) in [5.41, 5.74) is 5.23. The normalized spacial score (nSPS) is 20.6. The zero-order valence-corrected chi connectivity index (χ0v) is 10.9. The molecule has 0 saturated carbocycles. The largest absolute Gasteiger partial charge is 0.514 e. The van der Waals surface area contributed by atoms with Crippen molar-refractivity contribution >= 4 is 23.4 Å². The molecule has 0 unspecified atom stereocenters. The number of hydrogen-bond acceptors (Lipinski definition) is 2. The highest BCUT2D eigenvalue weighted by Gasteiger charge is 2.49. The molecule has 0 aromatic heterocycles. The molecule has 0 aromatic carbocycles. The van der Waals surface area contributed by atoms with E-state index >= 15 is 0 Å². The second-order valence-electron chi connectivity index (χ2n) is 5.19. The molecule has 1 amide bonds. The number of nitrogens with two attached hydrogens (primary N) is 1. The molecule has 5 nitrogen and oxygen atoms in total. The first kappa shape index (κ1) is 13.2. The van der Waals surface area contributed by atoms with Crippen LogP contribution in [0.2, 0.25) is 0 Å². The van der Waals surface area contributed by atoms with Crippen molar-refractivity contribution in [2.75, 3.05) is 26.2 Å². The van der Waals surface area contributed by atoms with Crippen LogP contribution in [0.5, 0.6) is 0 Å². The van der Waals surface area contributed by atoms with Crippen LogP contribution in [0.25, 0.3) is 0 Å². The van der Waals surface area contributed by atoms with Gasteiger partial charge < -0.3 is 15.7 Å². The highest BCUT2D eigenvalue weighted by Crippen LogP contribution is 2.27. The van der Waals surface area contributed by atoms with Gasteiger partial charge in [-0.25, -0.2) is 4.48 Å². The van der Waals surface area contributed by atoms with E-state index in [0.29, 0.717) is 31.3 Å². The van der Waals surface area contributed by atoms with E-state index < -0.39 is 6.09 Å². The van der Waals surface area contributed by atoms with Gasteiger partial charge in [-0.05, 0) is 33.0 Å². The van der Waals surface area contributed by atoms with Crippen LogP contribution in [0.4, 0.5) is 4.79 Å². The minimum absolute atomic E-state index is 0.0755. The Balaban J connectivity index is 2.87. The van der Waals surface area contributed by atoms with Crippen LogP contribution in [-0.2, 0) is 0 Å². The highest BCUT2D eigenvalue weighted by molar-refractivity contribution is 7.80. The van der Waals surface area contributed by atoms with E-state index in [1.54, 1.807) is 0 Å². The maximum Gasteiger partial charge on any atom is 0.514 e. The Kier molecular flexibility index (Phi) is 3.44. The molecule has 16 heavy (non-hydrogen) atoms. The summed E-state index contributed by atoms with van der Waals surface area (Å²) in [6, 6.07) is 0. The van der Waals surface area contributed by atoms with E-state index in [-0.39, 0.29) is 10.0 Å². The molecular formula is C10H20N3O2S+. The number of amides is 1. The standard InChI is InChI=1S/C10H19N3O2S/c1-10(2,3)13(9(14)15)6-4-12(5-7-13)8(11)16/h4-7H2,1-3H3,(H2-,11,14,15,16)/p+1. The molecule has 1 rings (SSSR count). The number of carboxylic acid groups (broad SMARTS) is 1. The van der Waals surface area contributed by atoms with E-state index in [1.807, 2.05) is 25.7 Å². The van der Waals surface area contributed by atoms with Gasteiger partial charge in [-0.3, -0.25) is 0 Å². The fourth-order valence-corrected chi connectivity index (χ4v) is 2.36. The topological polar surface area (TPSA) is 66.6 Å². The van der Waals surface area contributed by atoms with E-state index in [0.717, 1.165) is 0 Å². The number of carbonyl (C=O) groups is 1. The lowest BCUT2D eigenvalue weighted by Crippen LogP contribution is -2.70. The molecule has 0 atom stereocenters. The summed E-state index contributed by atoms with van der Waals surface area (Å²) in [5.74, 6) is 0. The predicted octanol–water partition coefficient (Wildman–Crippen LogP) is 0.839. The molecule has 0 aliphatic carbocycles.